The fourth-order valence-corrected chi connectivity index (χ4v) is 3.40. The minimum absolute atomic E-state index is 0.0605. The van der Waals surface area contributed by atoms with Gasteiger partial charge in [-0.05, 0) is 25.0 Å². The highest BCUT2D eigenvalue weighted by Gasteiger charge is 2.41. The zero-order chi connectivity index (χ0) is 16.4. The summed E-state index contributed by atoms with van der Waals surface area (Å²) in [7, 11) is 0. The number of ether oxygens (including phenoxy) is 2. The average Bonchev–Trinajstić information content (AvgIpc) is 3.02. The van der Waals surface area contributed by atoms with Crippen LogP contribution in [-0.2, 0) is 15.9 Å². The molecule has 2 aliphatic rings. The van der Waals surface area contributed by atoms with Crippen LogP contribution in [0.4, 0.5) is 0 Å². The zero-order valence-corrected chi connectivity index (χ0v) is 13.5. The van der Waals surface area contributed by atoms with Crippen molar-refractivity contribution in [2.45, 2.75) is 30.8 Å². The van der Waals surface area contributed by atoms with Crippen molar-refractivity contribution in [2.75, 3.05) is 26.4 Å². The van der Waals surface area contributed by atoms with Gasteiger partial charge in [0, 0.05) is 37.3 Å². The molecule has 0 amide bonds. The fraction of sp³-hybridized carbons (Fsp3) is 0.500. The summed E-state index contributed by atoms with van der Waals surface area (Å²) in [5.74, 6) is 0.887. The summed E-state index contributed by atoms with van der Waals surface area (Å²) in [6.45, 7) is 3.03. The van der Waals surface area contributed by atoms with E-state index in [4.69, 9.17) is 14.0 Å². The predicted octanol–water partition coefficient (Wildman–Crippen LogP) is 2.13. The molecule has 1 aromatic carbocycles. The monoisotopic (exact) mass is 330 g/mol. The van der Waals surface area contributed by atoms with Gasteiger partial charge in [-0.1, -0.05) is 17.3 Å². The Labute approximate surface area is 140 Å². The van der Waals surface area contributed by atoms with Gasteiger partial charge >= 0.3 is 0 Å². The van der Waals surface area contributed by atoms with Gasteiger partial charge in [-0.2, -0.15) is 0 Å². The average molecular weight is 330 g/mol. The van der Waals surface area contributed by atoms with Gasteiger partial charge in [0.25, 0.3) is 0 Å². The van der Waals surface area contributed by atoms with E-state index in [0.717, 1.165) is 43.7 Å². The van der Waals surface area contributed by atoms with Crippen LogP contribution in [0.5, 0.6) is 5.75 Å². The molecule has 3 heterocycles. The Bertz CT molecular complexity index is 690. The van der Waals surface area contributed by atoms with Gasteiger partial charge in [-0.25, -0.2) is 0 Å². The Balaban J connectivity index is 1.46. The van der Waals surface area contributed by atoms with Crippen LogP contribution in [0.1, 0.15) is 18.5 Å². The Morgan fingerprint density at radius 3 is 2.71 bits per heavy atom. The molecule has 24 heavy (non-hydrogen) atoms. The number of aromatic hydroxyl groups is 1. The molecule has 0 spiro atoms. The van der Waals surface area contributed by atoms with Gasteiger partial charge < -0.3 is 24.4 Å². The van der Waals surface area contributed by atoms with E-state index in [9.17, 15) is 5.11 Å². The van der Waals surface area contributed by atoms with Crippen LogP contribution >= 0.6 is 0 Å². The molecule has 2 saturated heterocycles. The maximum Gasteiger partial charge on any atom is 0.167 e. The SMILES string of the molecule is Oc1cccc(-c2cc(CC3(NC4CCOCC4)COC3)no2)c1. The molecule has 2 N–H and O–H groups in total. The van der Waals surface area contributed by atoms with Gasteiger partial charge in [0.2, 0.25) is 0 Å². The minimum Gasteiger partial charge on any atom is -0.508 e. The number of aromatic nitrogens is 1. The largest absolute Gasteiger partial charge is 0.508 e. The van der Waals surface area contributed by atoms with Crippen LogP contribution < -0.4 is 5.32 Å². The first kappa shape index (κ1) is 15.6. The molecule has 0 bridgehead atoms. The first-order valence-corrected chi connectivity index (χ1v) is 8.41. The summed E-state index contributed by atoms with van der Waals surface area (Å²) < 4.78 is 16.4. The summed E-state index contributed by atoms with van der Waals surface area (Å²) in [5, 5.41) is 17.6. The highest BCUT2D eigenvalue weighted by molar-refractivity contribution is 5.59. The standard InChI is InChI=1S/C18H22N2O4/c21-16-3-1-2-13(8-16)17-9-15(20-24-17)10-18(11-23-12-18)19-14-4-6-22-7-5-14/h1-3,8-9,14,19,21H,4-7,10-12H2. The fourth-order valence-electron chi connectivity index (χ4n) is 3.40. The number of hydrogen-bond donors (Lipinski definition) is 2. The molecule has 1 aromatic heterocycles. The van der Waals surface area contributed by atoms with E-state index in [1.165, 1.54) is 0 Å². The van der Waals surface area contributed by atoms with Crippen LogP contribution in [0, 0.1) is 0 Å². The molecule has 2 aromatic rings. The molecule has 128 valence electrons. The minimum atomic E-state index is -0.0605. The molecular weight excluding hydrogens is 308 g/mol. The van der Waals surface area contributed by atoms with Crippen molar-refractivity contribution in [1.82, 2.24) is 10.5 Å². The molecule has 4 rings (SSSR count). The second-order valence-electron chi connectivity index (χ2n) is 6.71. The summed E-state index contributed by atoms with van der Waals surface area (Å²) in [5.41, 5.74) is 1.66. The molecule has 0 saturated carbocycles. The van der Waals surface area contributed by atoms with E-state index >= 15 is 0 Å². The van der Waals surface area contributed by atoms with Crippen molar-refractivity contribution in [3.8, 4) is 17.1 Å². The highest BCUT2D eigenvalue weighted by atomic mass is 16.5. The molecule has 2 fully saturated rings. The van der Waals surface area contributed by atoms with E-state index in [1.54, 1.807) is 18.2 Å². The number of phenolic OH excluding ortho intramolecular Hbond substituents is 1. The lowest BCUT2D eigenvalue weighted by Crippen LogP contribution is -2.65. The van der Waals surface area contributed by atoms with Gasteiger partial charge in [-0.3, -0.25) is 0 Å². The van der Waals surface area contributed by atoms with Gasteiger partial charge in [-0.15, -0.1) is 0 Å². The molecule has 0 unspecified atom stereocenters. The predicted molar refractivity (Wildman–Crippen MR) is 87.8 cm³/mol. The number of phenols is 1. The summed E-state index contributed by atoms with van der Waals surface area (Å²) in [6, 6.07) is 9.42. The topological polar surface area (TPSA) is 76.8 Å². The van der Waals surface area contributed by atoms with Crippen LogP contribution in [0.25, 0.3) is 11.3 Å². The summed E-state index contributed by atoms with van der Waals surface area (Å²) in [4.78, 5) is 0. The first-order valence-electron chi connectivity index (χ1n) is 8.41. The van der Waals surface area contributed by atoms with Crippen molar-refractivity contribution in [3.63, 3.8) is 0 Å². The van der Waals surface area contributed by atoms with Gasteiger partial charge in [0.15, 0.2) is 5.76 Å². The second kappa shape index (κ2) is 6.55. The molecule has 2 aliphatic heterocycles. The lowest BCUT2D eigenvalue weighted by atomic mass is 9.89. The number of hydrogen-bond acceptors (Lipinski definition) is 6. The van der Waals surface area contributed by atoms with Crippen molar-refractivity contribution < 1.29 is 19.1 Å². The third-order valence-electron chi connectivity index (χ3n) is 4.70. The molecule has 0 atom stereocenters. The van der Waals surface area contributed by atoms with E-state index in [0.29, 0.717) is 25.0 Å². The highest BCUT2D eigenvalue weighted by Crippen LogP contribution is 2.28. The smallest absolute Gasteiger partial charge is 0.167 e. The van der Waals surface area contributed by atoms with Gasteiger partial charge in [0.1, 0.15) is 5.75 Å². The summed E-state index contributed by atoms with van der Waals surface area (Å²) >= 11 is 0. The number of rotatable bonds is 5. The lowest BCUT2D eigenvalue weighted by Gasteiger charge is -2.45. The molecule has 0 radical (unpaired) electrons. The molecule has 6 heteroatoms. The zero-order valence-electron chi connectivity index (χ0n) is 13.5. The normalized spacial score (nSPS) is 20.7. The van der Waals surface area contributed by atoms with Crippen LogP contribution in [0.3, 0.4) is 0 Å². The maximum absolute atomic E-state index is 9.60. The third kappa shape index (κ3) is 3.31. The van der Waals surface area contributed by atoms with E-state index in [2.05, 4.69) is 10.5 Å². The van der Waals surface area contributed by atoms with Crippen LogP contribution in [0.2, 0.25) is 0 Å². The summed E-state index contributed by atoms with van der Waals surface area (Å²) in [6.07, 6.45) is 2.84. The van der Waals surface area contributed by atoms with E-state index < -0.39 is 0 Å². The third-order valence-corrected chi connectivity index (χ3v) is 4.70. The van der Waals surface area contributed by atoms with Crippen LogP contribution in [0.15, 0.2) is 34.9 Å². The van der Waals surface area contributed by atoms with E-state index in [-0.39, 0.29) is 11.3 Å². The second-order valence-corrected chi connectivity index (χ2v) is 6.71. The van der Waals surface area contributed by atoms with Crippen LogP contribution in [-0.4, -0.2) is 48.3 Å². The van der Waals surface area contributed by atoms with E-state index in [1.807, 2.05) is 12.1 Å². The Hall–Kier alpha value is -1.89. The Morgan fingerprint density at radius 1 is 1.17 bits per heavy atom. The number of benzene rings is 1. The van der Waals surface area contributed by atoms with Crippen molar-refractivity contribution in [1.29, 1.82) is 0 Å². The Morgan fingerprint density at radius 2 is 2.00 bits per heavy atom. The van der Waals surface area contributed by atoms with Crippen molar-refractivity contribution >= 4 is 0 Å². The molecular formula is C18H22N2O4. The lowest BCUT2D eigenvalue weighted by molar-refractivity contribution is -0.0854. The van der Waals surface area contributed by atoms with Gasteiger partial charge in [0.05, 0.1) is 24.4 Å². The van der Waals surface area contributed by atoms with Crippen molar-refractivity contribution in [3.05, 3.63) is 36.0 Å². The maximum atomic E-state index is 9.60. The first-order chi connectivity index (χ1) is 11.7. The molecule has 6 nitrogen and oxygen atoms in total. The molecule has 0 aliphatic carbocycles. The quantitative estimate of drug-likeness (QED) is 0.874. The Kier molecular flexibility index (Phi) is 4.26. The van der Waals surface area contributed by atoms with Crippen molar-refractivity contribution in [2.24, 2.45) is 0 Å². The number of nitrogens with zero attached hydrogens (tertiary/aromatic N) is 1. The number of nitrogens with one attached hydrogen (secondary N) is 1.